The summed E-state index contributed by atoms with van der Waals surface area (Å²) >= 11 is 0. The van der Waals surface area contributed by atoms with Crippen LogP contribution < -0.4 is 9.47 Å². The molecule has 0 aromatic heterocycles. The Morgan fingerprint density at radius 3 is 2.43 bits per heavy atom. The summed E-state index contributed by atoms with van der Waals surface area (Å²) in [6.07, 6.45) is 0. The zero-order valence-corrected chi connectivity index (χ0v) is 13.3. The van der Waals surface area contributed by atoms with E-state index in [0.29, 0.717) is 26.3 Å². The molecule has 0 aliphatic rings. The van der Waals surface area contributed by atoms with Gasteiger partial charge in [-0.2, -0.15) is 0 Å². The van der Waals surface area contributed by atoms with Crippen LogP contribution in [0, 0.1) is 5.92 Å². The Morgan fingerprint density at radius 1 is 1.24 bits per heavy atom. The third-order valence-corrected chi connectivity index (χ3v) is 3.07. The van der Waals surface area contributed by atoms with Crippen LogP contribution in [0.5, 0.6) is 11.5 Å². The van der Waals surface area contributed by atoms with Crippen LogP contribution in [0.25, 0.3) is 0 Å². The highest BCUT2D eigenvalue weighted by Gasteiger charge is 2.14. The quantitative estimate of drug-likeness (QED) is 0.759. The second-order valence-electron chi connectivity index (χ2n) is 5.08. The standard InChI is InChI=1S/C16H25NO4/c1-5-20-14-8-7-13(9-15(14)21-6-2)11-17(4)10-12(3)16(18)19/h7-9,12H,5-6,10-11H2,1-4H3,(H,18,19). The molecule has 0 amide bonds. The summed E-state index contributed by atoms with van der Waals surface area (Å²) < 4.78 is 11.1. The Morgan fingerprint density at radius 2 is 1.86 bits per heavy atom. The zero-order valence-electron chi connectivity index (χ0n) is 13.3. The summed E-state index contributed by atoms with van der Waals surface area (Å²) in [6.45, 7) is 7.93. The molecule has 5 heteroatoms. The number of carboxylic acid groups (broad SMARTS) is 1. The highest BCUT2D eigenvalue weighted by molar-refractivity contribution is 5.69. The fraction of sp³-hybridized carbons (Fsp3) is 0.562. The fourth-order valence-electron chi connectivity index (χ4n) is 2.12. The monoisotopic (exact) mass is 295 g/mol. The fourth-order valence-corrected chi connectivity index (χ4v) is 2.12. The lowest BCUT2D eigenvalue weighted by atomic mass is 10.1. The Hall–Kier alpha value is -1.75. The van der Waals surface area contributed by atoms with E-state index in [-0.39, 0.29) is 5.92 Å². The molecular weight excluding hydrogens is 270 g/mol. The molecule has 1 rings (SSSR count). The average Bonchev–Trinajstić information content (AvgIpc) is 2.42. The number of benzene rings is 1. The predicted molar refractivity (Wildman–Crippen MR) is 81.9 cm³/mol. The molecule has 0 heterocycles. The van der Waals surface area contributed by atoms with Crippen LogP contribution in [0.3, 0.4) is 0 Å². The van der Waals surface area contributed by atoms with Crippen molar-refractivity contribution < 1.29 is 19.4 Å². The van der Waals surface area contributed by atoms with E-state index in [1.54, 1.807) is 6.92 Å². The molecule has 0 aliphatic heterocycles. The molecule has 21 heavy (non-hydrogen) atoms. The molecule has 1 unspecified atom stereocenters. The smallest absolute Gasteiger partial charge is 0.307 e. The highest BCUT2D eigenvalue weighted by Crippen LogP contribution is 2.29. The summed E-state index contributed by atoms with van der Waals surface area (Å²) in [5.74, 6) is 0.314. The van der Waals surface area contributed by atoms with E-state index < -0.39 is 5.97 Å². The van der Waals surface area contributed by atoms with E-state index in [2.05, 4.69) is 0 Å². The van der Waals surface area contributed by atoms with Crippen molar-refractivity contribution in [3.8, 4) is 11.5 Å². The Balaban J connectivity index is 2.74. The first-order valence-electron chi connectivity index (χ1n) is 7.27. The van der Waals surface area contributed by atoms with Gasteiger partial charge in [-0.3, -0.25) is 4.79 Å². The van der Waals surface area contributed by atoms with Gasteiger partial charge < -0.3 is 19.5 Å². The Labute approximate surface area is 126 Å². The molecule has 1 aromatic carbocycles. The van der Waals surface area contributed by atoms with Gasteiger partial charge in [0.1, 0.15) is 0 Å². The largest absolute Gasteiger partial charge is 0.490 e. The Kier molecular flexibility index (Phi) is 7.02. The van der Waals surface area contributed by atoms with E-state index in [4.69, 9.17) is 14.6 Å². The molecule has 0 aliphatic carbocycles. The molecule has 0 saturated heterocycles. The van der Waals surface area contributed by atoms with Crippen molar-refractivity contribution in [2.75, 3.05) is 26.8 Å². The van der Waals surface area contributed by atoms with Gasteiger partial charge in [-0.25, -0.2) is 0 Å². The zero-order chi connectivity index (χ0) is 15.8. The molecule has 1 aromatic rings. The third-order valence-electron chi connectivity index (χ3n) is 3.07. The van der Waals surface area contributed by atoms with Crippen molar-refractivity contribution in [2.24, 2.45) is 5.92 Å². The second-order valence-corrected chi connectivity index (χ2v) is 5.08. The van der Waals surface area contributed by atoms with Crippen molar-refractivity contribution in [1.29, 1.82) is 0 Å². The molecule has 5 nitrogen and oxygen atoms in total. The van der Waals surface area contributed by atoms with Gasteiger partial charge in [0.25, 0.3) is 0 Å². The van der Waals surface area contributed by atoms with E-state index in [9.17, 15) is 4.79 Å². The minimum absolute atomic E-state index is 0.385. The number of hydrogen-bond acceptors (Lipinski definition) is 4. The molecule has 1 atom stereocenters. The van der Waals surface area contributed by atoms with Crippen LogP contribution in [-0.4, -0.2) is 42.8 Å². The van der Waals surface area contributed by atoms with E-state index >= 15 is 0 Å². The summed E-state index contributed by atoms with van der Waals surface area (Å²) in [5, 5.41) is 8.94. The van der Waals surface area contributed by atoms with Crippen molar-refractivity contribution in [3.63, 3.8) is 0 Å². The first kappa shape index (κ1) is 17.3. The first-order chi connectivity index (χ1) is 9.97. The number of carboxylic acids is 1. The van der Waals surface area contributed by atoms with E-state index in [1.807, 2.05) is 44.0 Å². The molecule has 118 valence electrons. The highest BCUT2D eigenvalue weighted by atomic mass is 16.5. The number of carbonyl (C=O) groups is 1. The normalized spacial score (nSPS) is 12.2. The molecule has 0 spiro atoms. The van der Waals surface area contributed by atoms with Gasteiger partial charge in [-0.1, -0.05) is 13.0 Å². The lowest BCUT2D eigenvalue weighted by molar-refractivity contribution is -0.141. The summed E-state index contributed by atoms with van der Waals surface area (Å²) in [5.41, 5.74) is 1.07. The Bertz CT molecular complexity index is 462. The number of ether oxygens (including phenoxy) is 2. The van der Waals surface area contributed by atoms with Crippen molar-refractivity contribution in [3.05, 3.63) is 23.8 Å². The van der Waals surface area contributed by atoms with Crippen LogP contribution in [0.4, 0.5) is 0 Å². The molecule has 0 radical (unpaired) electrons. The minimum atomic E-state index is -0.774. The van der Waals surface area contributed by atoms with Crippen LogP contribution in [-0.2, 0) is 11.3 Å². The minimum Gasteiger partial charge on any atom is -0.490 e. The number of rotatable bonds is 9. The summed E-state index contributed by atoms with van der Waals surface area (Å²) in [4.78, 5) is 12.9. The van der Waals surface area contributed by atoms with E-state index in [1.165, 1.54) is 0 Å². The van der Waals surface area contributed by atoms with Gasteiger partial charge in [0.2, 0.25) is 0 Å². The van der Waals surface area contributed by atoms with Crippen molar-refractivity contribution >= 4 is 5.97 Å². The topological polar surface area (TPSA) is 59.0 Å². The predicted octanol–water partition coefficient (Wildman–Crippen LogP) is 2.64. The van der Waals surface area contributed by atoms with Crippen LogP contribution >= 0.6 is 0 Å². The van der Waals surface area contributed by atoms with E-state index in [0.717, 1.165) is 17.1 Å². The van der Waals surface area contributed by atoms with Gasteiger partial charge in [0.15, 0.2) is 11.5 Å². The van der Waals surface area contributed by atoms with Gasteiger partial charge in [-0.05, 0) is 38.6 Å². The lowest BCUT2D eigenvalue weighted by Crippen LogP contribution is -2.28. The van der Waals surface area contributed by atoms with Crippen molar-refractivity contribution in [1.82, 2.24) is 4.90 Å². The van der Waals surface area contributed by atoms with Crippen LogP contribution in [0.1, 0.15) is 26.3 Å². The maximum absolute atomic E-state index is 10.9. The maximum atomic E-state index is 10.9. The number of nitrogens with zero attached hydrogens (tertiary/aromatic N) is 1. The molecule has 1 N–H and O–H groups in total. The molecule has 0 fully saturated rings. The third kappa shape index (κ3) is 5.63. The van der Waals surface area contributed by atoms with Crippen LogP contribution in [0.2, 0.25) is 0 Å². The van der Waals surface area contributed by atoms with Gasteiger partial charge in [0, 0.05) is 13.1 Å². The van der Waals surface area contributed by atoms with Gasteiger partial charge >= 0.3 is 5.97 Å². The SMILES string of the molecule is CCOc1ccc(CN(C)CC(C)C(=O)O)cc1OCC. The molecule has 0 bridgehead atoms. The molecular formula is C16H25NO4. The second kappa shape index (κ2) is 8.52. The number of hydrogen-bond donors (Lipinski definition) is 1. The average molecular weight is 295 g/mol. The maximum Gasteiger partial charge on any atom is 0.307 e. The summed E-state index contributed by atoms with van der Waals surface area (Å²) in [6, 6.07) is 5.84. The van der Waals surface area contributed by atoms with Gasteiger partial charge in [-0.15, -0.1) is 0 Å². The van der Waals surface area contributed by atoms with Crippen molar-refractivity contribution in [2.45, 2.75) is 27.3 Å². The summed E-state index contributed by atoms with van der Waals surface area (Å²) in [7, 11) is 1.91. The lowest BCUT2D eigenvalue weighted by Gasteiger charge is -2.20. The van der Waals surface area contributed by atoms with Crippen LogP contribution in [0.15, 0.2) is 18.2 Å². The van der Waals surface area contributed by atoms with Gasteiger partial charge in [0.05, 0.1) is 19.1 Å². The first-order valence-corrected chi connectivity index (χ1v) is 7.27. The molecule has 0 saturated carbocycles. The number of aliphatic carboxylic acids is 1.